The minimum atomic E-state index is -4.94. The van der Waals surface area contributed by atoms with Crippen molar-refractivity contribution in [2.24, 2.45) is 11.8 Å². The number of hydrogen-bond acceptors (Lipinski definition) is 2. The summed E-state index contributed by atoms with van der Waals surface area (Å²) in [7, 11) is 0. The molecule has 134 valence electrons. The predicted octanol–water partition coefficient (Wildman–Crippen LogP) is 5.64. The van der Waals surface area contributed by atoms with Crippen molar-refractivity contribution >= 4 is 0 Å². The Morgan fingerprint density at radius 3 is 2.21 bits per heavy atom. The van der Waals surface area contributed by atoms with Gasteiger partial charge in [-0.1, -0.05) is 38.2 Å². The standard InChI is InChI=1S/C18H22F4O2/c19-16-14(10-12-4-1-2-5-12)8-9-15(17(16)24-18(20,21)22)23-11-13-6-3-7-13/h8-9,12-13H,1-7,10-11H2. The van der Waals surface area contributed by atoms with Gasteiger partial charge in [0.25, 0.3) is 0 Å². The lowest BCUT2D eigenvalue weighted by atomic mass is 9.86. The number of benzene rings is 1. The molecule has 2 fully saturated rings. The molecule has 0 N–H and O–H groups in total. The van der Waals surface area contributed by atoms with Crippen LogP contribution in [-0.4, -0.2) is 13.0 Å². The molecule has 2 aliphatic carbocycles. The van der Waals surface area contributed by atoms with Gasteiger partial charge in [0.2, 0.25) is 5.75 Å². The summed E-state index contributed by atoms with van der Waals surface area (Å²) in [6.45, 7) is 0.301. The summed E-state index contributed by atoms with van der Waals surface area (Å²) in [5.41, 5.74) is 0.275. The van der Waals surface area contributed by atoms with Crippen LogP contribution >= 0.6 is 0 Å². The Kier molecular flexibility index (Phi) is 5.21. The highest BCUT2D eigenvalue weighted by Crippen LogP contribution is 2.39. The van der Waals surface area contributed by atoms with Crippen LogP contribution in [-0.2, 0) is 6.42 Å². The molecule has 1 aromatic rings. The van der Waals surface area contributed by atoms with Gasteiger partial charge in [0, 0.05) is 0 Å². The van der Waals surface area contributed by atoms with Crippen molar-refractivity contribution < 1.29 is 27.0 Å². The first kappa shape index (κ1) is 17.4. The fourth-order valence-corrected chi connectivity index (χ4v) is 3.45. The van der Waals surface area contributed by atoms with Crippen LogP contribution in [0.1, 0.15) is 50.5 Å². The van der Waals surface area contributed by atoms with Crippen molar-refractivity contribution in [1.29, 1.82) is 0 Å². The molecule has 6 heteroatoms. The van der Waals surface area contributed by atoms with Gasteiger partial charge in [-0.25, -0.2) is 4.39 Å². The van der Waals surface area contributed by atoms with Crippen LogP contribution in [0.5, 0.6) is 11.5 Å². The molecule has 0 amide bonds. The van der Waals surface area contributed by atoms with Crippen LogP contribution in [0, 0.1) is 17.7 Å². The highest BCUT2D eigenvalue weighted by molar-refractivity contribution is 5.45. The highest BCUT2D eigenvalue weighted by Gasteiger charge is 2.35. The van der Waals surface area contributed by atoms with E-state index in [1.165, 1.54) is 12.1 Å². The van der Waals surface area contributed by atoms with Gasteiger partial charge < -0.3 is 9.47 Å². The topological polar surface area (TPSA) is 18.5 Å². The molecular formula is C18H22F4O2. The van der Waals surface area contributed by atoms with Crippen molar-refractivity contribution in [1.82, 2.24) is 0 Å². The Balaban J connectivity index is 1.79. The maximum atomic E-state index is 14.6. The molecule has 24 heavy (non-hydrogen) atoms. The van der Waals surface area contributed by atoms with E-state index >= 15 is 0 Å². The Morgan fingerprint density at radius 1 is 0.958 bits per heavy atom. The number of halogens is 4. The first-order valence-corrected chi connectivity index (χ1v) is 8.62. The van der Waals surface area contributed by atoms with E-state index in [2.05, 4.69) is 4.74 Å². The van der Waals surface area contributed by atoms with E-state index < -0.39 is 17.9 Å². The number of ether oxygens (including phenoxy) is 2. The molecule has 0 atom stereocenters. The molecule has 1 aromatic carbocycles. The fraction of sp³-hybridized carbons (Fsp3) is 0.667. The maximum Gasteiger partial charge on any atom is 0.573 e. The highest BCUT2D eigenvalue weighted by atomic mass is 19.4. The van der Waals surface area contributed by atoms with E-state index in [9.17, 15) is 17.6 Å². The molecule has 0 aliphatic heterocycles. The third-order valence-electron chi connectivity index (χ3n) is 5.04. The minimum absolute atomic E-state index is 0.160. The van der Waals surface area contributed by atoms with Gasteiger partial charge in [-0.15, -0.1) is 13.2 Å². The third kappa shape index (κ3) is 4.33. The van der Waals surface area contributed by atoms with Crippen LogP contribution < -0.4 is 9.47 Å². The van der Waals surface area contributed by atoms with Crippen LogP contribution in [0.3, 0.4) is 0 Å². The lowest BCUT2D eigenvalue weighted by Gasteiger charge is -2.26. The monoisotopic (exact) mass is 346 g/mol. The number of alkyl halides is 3. The zero-order chi connectivity index (χ0) is 17.2. The van der Waals surface area contributed by atoms with Crippen molar-refractivity contribution in [2.75, 3.05) is 6.61 Å². The second-order valence-corrected chi connectivity index (χ2v) is 6.88. The first-order chi connectivity index (χ1) is 11.4. The Bertz CT molecular complexity index is 561. The quantitative estimate of drug-likeness (QED) is 0.621. The van der Waals surface area contributed by atoms with Gasteiger partial charge in [0.1, 0.15) is 0 Å². The average Bonchev–Trinajstić information content (AvgIpc) is 2.95. The van der Waals surface area contributed by atoms with Crippen molar-refractivity contribution in [3.05, 3.63) is 23.5 Å². The normalized spacial score (nSPS) is 19.3. The molecule has 0 unspecified atom stereocenters. The zero-order valence-corrected chi connectivity index (χ0v) is 13.5. The lowest BCUT2D eigenvalue weighted by molar-refractivity contribution is -0.276. The van der Waals surface area contributed by atoms with E-state index in [4.69, 9.17) is 4.74 Å². The van der Waals surface area contributed by atoms with Crippen LogP contribution in [0.25, 0.3) is 0 Å². The summed E-state index contributed by atoms with van der Waals surface area (Å²) in [5.74, 6) is -1.25. The van der Waals surface area contributed by atoms with E-state index in [0.717, 1.165) is 44.9 Å². The van der Waals surface area contributed by atoms with E-state index in [1.54, 1.807) is 0 Å². The largest absolute Gasteiger partial charge is 0.573 e. The molecular weight excluding hydrogens is 324 g/mol. The first-order valence-electron chi connectivity index (χ1n) is 8.62. The van der Waals surface area contributed by atoms with Crippen molar-refractivity contribution in [3.63, 3.8) is 0 Å². The van der Waals surface area contributed by atoms with Crippen LogP contribution in [0.15, 0.2) is 12.1 Å². The van der Waals surface area contributed by atoms with Gasteiger partial charge in [-0.05, 0) is 42.7 Å². The second kappa shape index (κ2) is 7.19. The minimum Gasteiger partial charge on any atom is -0.489 e. The van der Waals surface area contributed by atoms with Crippen LogP contribution in [0.2, 0.25) is 0 Å². The van der Waals surface area contributed by atoms with Crippen LogP contribution in [0.4, 0.5) is 17.6 Å². The maximum absolute atomic E-state index is 14.6. The zero-order valence-electron chi connectivity index (χ0n) is 13.5. The fourth-order valence-electron chi connectivity index (χ4n) is 3.45. The Labute approximate surface area is 139 Å². The molecule has 3 rings (SSSR count). The van der Waals surface area contributed by atoms with Gasteiger partial charge >= 0.3 is 6.36 Å². The molecule has 0 aromatic heterocycles. The summed E-state index contributed by atoms with van der Waals surface area (Å²) in [4.78, 5) is 0. The second-order valence-electron chi connectivity index (χ2n) is 6.88. The smallest absolute Gasteiger partial charge is 0.489 e. The molecule has 0 spiro atoms. The summed E-state index contributed by atoms with van der Waals surface area (Å²) in [6, 6.07) is 2.94. The SMILES string of the molecule is Fc1c(CC2CCCC2)ccc(OCC2CCC2)c1OC(F)(F)F. The molecule has 0 saturated heterocycles. The van der Waals surface area contributed by atoms with E-state index in [1.807, 2.05) is 0 Å². The van der Waals surface area contributed by atoms with Crippen molar-refractivity contribution in [3.8, 4) is 11.5 Å². The number of rotatable bonds is 6. The molecule has 2 aliphatic rings. The van der Waals surface area contributed by atoms with Gasteiger partial charge in [0.05, 0.1) is 6.61 Å². The molecule has 2 nitrogen and oxygen atoms in total. The summed E-state index contributed by atoms with van der Waals surface area (Å²) >= 11 is 0. The molecule has 0 radical (unpaired) electrons. The predicted molar refractivity (Wildman–Crippen MR) is 81.6 cm³/mol. The number of hydrogen-bond donors (Lipinski definition) is 0. The van der Waals surface area contributed by atoms with E-state index in [0.29, 0.717) is 24.9 Å². The Hall–Kier alpha value is -1.46. The summed E-state index contributed by atoms with van der Waals surface area (Å²) < 4.78 is 62.0. The lowest BCUT2D eigenvalue weighted by Crippen LogP contribution is -2.22. The van der Waals surface area contributed by atoms with Gasteiger partial charge in [0.15, 0.2) is 11.6 Å². The third-order valence-corrected chi connectivity index (χ3v) is 5.04. The summed E-state index contributed by atoms with van der Waals surface area (Å²) in [6.07, 6.45) is 2.79. The van der Waals surface area contributed by atoms with Gasteiger partial charge in [-0.2, -0.15) is 0 Å². The van der Waals surface area contributed by atoms with Crippen molar-refractivity contribution in [2.45, 2.75) is 57.7 Å². The Morgan fingerprint density at radius 2 is 1.62 bits per heavy atom. The van der Waals surface area contributed by atoms with Gasteiger partial charge in [-0.3, -0.25) is 0 Å². The van der Waals surface area contributed by atoms with E-state index in [-0.39, 0.29) is 11.3 Å². The molecule has 0 bridgehead atoms. The summed E-state index contributed by atoms with van der Waals surface area (Å²) in [5, 5.41) is 0. The average molecular weight is 346 g/mol. The molecule has 0 heterocycles. The molecule has 2 saturated carbocycles.